The van der Waals surface area contributed by atoms with E-state index in [4.69, 9.17) is 32.7 Å². The maximum atomic E-state index is 11.5. The molecule has 194 valence electrons. The second kappa shape index (κ2) is 11.4. The molecule has 0 amide bonds. The highest BCUT2D eigenvalue weighted by molar-refractivity contribution is 6.35. The lowest BCUT2D eigenvalue weighted by Gasteiger charge is -2.32. The van der Waals surface area contributed by atoms with Gasteiger partial charge in [-0.3, -0.25) is 14.5 Å². The van der Waals surface area contributed by atoms with Crippen molar-refractivity contribution in [3.8, 4) is 22.5 Å². The number of halogens is 2. The molecule has 1 aliphatic heterocycles. The van der Waals surface area contributed by atoms with Gasteiger partial charge in [-0.15, -0.1) is 0 Å². The van der Waals surface area contributed by atoms with Crippen molar-refractivity contribution in [1.29, 1.82) is 0 Å². The van der Waals surface area contributed by atoms with E-state index in [-0.39, 0.29) is 6.17 Å². The van der Waals surface area contributed by atoms with Crippen LogP contribution in [0.5, 0.6) is 0 Å². The summed E-state index contributed by atoms with van der Waals surface area (Å²) in [5.74, 6) is -0.163. The molecular formula is C30H28Cl2N4O2. The number of aromatic nitrogens is 2. The Hall–Kier alpha value is -3.61. The van der Waals surface area contributed by atoms with Crippen molar-refractivity contribution in [3.05, 3.63) is 105 Å². The first-order valence-corrected chi connectivity index (χ1v) is 13.4. The fourth-order valence-corrected chi connectivity index (χ4v) is 5.24. The SMILES string of the molecule is CCCCC1=NC(C)N(c2cc(Cl)cc(Cl)c2)C=C1Cc1ccc(-c2ccccc2-c2noc(=O)[nH]2)cc1. The summed E-state index contributed by atoms with van der Waals surface area (Å²) in [4.78, 5) is 21.3. The third kappa shape index (κ3) is 5.77. The van der Waals surface area contributed by atoms with Crippen LogP contribution >= 0.6 is 23.2 Å². The van der Waals surface area contributed by atoms with Crippen molar-refractivity contribution in [2.24, 2.45) is 4.99 Å². The largest absolute Gasteiger partial charge is 0.439 e. The van der Waals surface area contributed by atoms with Crippen LogP contribution in [0, 0.1) is 0 Å². The Morgan fingerprint density at radius 2 is 1.71 bits per heavy atom. The van der Waals surface area contributed by atoms with Gasteiger partial charge < -0.3 is 4.90 Å². The number of benzene rings is 3. The molecule has 1 atom stereocenters. The molecule has 0 bridgehead atoms. The van der Waals surface area contributed by atoms with E-state index in [1.54, 1.807) is 6.07 Å². The molecule has 1 aromatic heterocycles. The summed E-state index contributed by atoms with van der Waals surface area (Å²) < 4.78 is 4.72. The van der Waals surface area contributed by atoms with E-state index < -0.39 is 5.76 Å². The highest BCUT2D eigenvalue weighted by atomic mass is 35.5. The van der Waals surface area contributed by atoms with Crippen LogP contribution in [0.3, 0.4) is 0 Å². The molecule has 0 saturated carbocycles. The first-order valence-electron chi connectivity index (χ1n) is 12.7. The summed E-state index contributed by atoms with van der Waals surface area (Å²) in [5.41, 5.74) is 7.21. The molecule has 0 radical (unpaired) electrons. The Labute approximate surface area is 231 Å². The number of allylic oxidation sites excluding steroid dienone is 1. The average molecular weight is 547 g/mol. The Balaban J connectivity index is 1.44. The molecule has 5 rings (SSSR count). The Kier molecular flexibility index (Phi) is 7.82. The van der Waals surface area contributed by atoms with Gasteiger partial charge in [-0.1, -0.05) is 90.2 Å². The third-order valence-corrected chi connectivity index (χ3v) is 7.04. The smallest absolute Gasteiger partial charge is 0.325 e. The minimum Gasteiger partial charge on any atom is -0.325 e. The number of nitrogens with one attached hydrogen (secondary N) is 1. The Bertz CT molecular complexity index is 1530. The molecule has 0 fully saturated rings. The number of hydrogen-bond acceptors (Lipinski definition) is 5. The first kappa shape index (κ1) is 26.0. The van der Waals surface area contributed by atoms with Gasteiger partial charge in [-0.25, -0.2) is 4.79 Å². The van der Waals surface area contributed by atoms with Gasteiger partial charge in [-0.05, 0) is 60.2 Å². The van der Waals surface area contributed by atoms with Crippen molar-refractivity contribution in [1.82, 2.24) is 10.1 Å². The lowest BCUT2D eigenvalue weighted by atomic mass is 9.94. The number of nitrogens with zero attached hydrogens (tertiary/aromatic N) is 3. The zero-order valence-electron chi connectivity index (χ0n) is 21.2. The summed E-state index contributed by atoms with van der Waals surface area (Å²) >= 11 is 12.6. The van der Waals surface area contributed by atoms with Crippen molar-refractivity contribution >= 4 is 34.6 Å². The van der Waals surface area contributed by atoms with Gasteiger partial charge in [0.25, 0.3) is 0 Å². The second-order valence-corrected chi connectivity index (χ2v) is 10.2. The van der Waals surface area contributed by atoms with Gasteiger partial charge in [0.2, 0.25) is 0 Å². The van der Waals surface area contributed by atoms with E-state index in [9.17, 15) is 4.79 Å². The zero-order chi connectivity index (χ0) is 26.6. The van der Waals surface area contributed by atoms with Crippen LogP contribution in [0.25, 0.3) is 22.5 Å². The minimum atomic E-state index is -0.574. The minimum absolute atomic E-state index is 0.0537. The van der Waals surface area contributed by atoms with E-state index in [1.165, 1.54) is 11.1 Å². The van der Waals surface area contributed by atoms with Crippen LogP contribution < -0.4 is 10.7 Å². The number of unbranched alkanes of at least 4 members (excludes halogenated alkanes) is 1. The van der Waals surface area contributed by atoms with E-state index in [1.807, 2.05) is 36.4 Å². The van der Waals surface area contributed by atoms with Crippen molar-refractivity contribution in [2.45, 2.75) is 45.7 Å². The van der Waals surface area contributed by atoms with Crippen molar-refractivity contribution < 1.29 is 4.52 Å². The van der Waals surface area contributed by atoms with Crippen molar-refractivity contribution in [3.63, 3.8) is 0 Å². The molecule has 1 N–H and O–H groups in total. The molecule has 3 aromatic carbocycles. The molecule has 1 unspecified atom stereocenters. The fourth-order valence-electron chi connectivity index (χ4n) is 4.73. The number of H-pyrrole nitrogens is 1. The number of aromatic amines is 1. The van der Waals surface area contributed by atoms with Gasteiger partial charge in [0.1, 0.15) is 6.17 Å². The number of aliphatic imine (C=N–C) groups is 1. The molecular weight excluding hydrogens is 519 g/mol. The Morgan fingerprint density at radius 1 is 1.00 bits per heavy atom. The van der Waals surface area contributed by atoms with E-state index in [2.05, 4.69) is 59.4 Å². The Morgan fingerprint density at radius 3 is 2.37 bits per heavy atom. The predicted octanol–water partition coefficient (Wildman–Crippen LogP) is 7.93. The van der Waals surface area contributed by atoms with Crippen LogP contribution in [0.15, 0.2) is 92.8 Å². The summed E-state index contributed by atoms with van der Waals surface area (Å²) in [6.07, 6.45) is 6.03. The van der Waals surface area contributed by atoms with Gasteiger partial charge in [0.15, 0.2) is 5.82 Å². The molecule has 6 nitrogen and oxygen atoms in total. The summed E-state index contributed by atoms with van der Waals surface area (Å²) in [6.45, 7) is 4.28. The monoisotopic (exact) mass is 546 g/mol. The fraction of sp³-hybridized carbons (Fsp3) is 0.233. The highest BCUT2D eigenvalue weighted by Gasteiger charge is 2.22. The van der Waals surface area contributed by atoms with E-state index >= 15 is 0 Å². The number of rotatable bonds is 8. The topological polar surface area (TPSA) is 74.5 Å². The molecule has 38 heavy (non-hydrogen) atoms. The molecule has 2 heterocycles. The van der Waals surface area contributed by atoms with Crippen LogP contribution in [0.2, 0.25) is 10.0 Å². The van der Waals surface area contributed by atoms with Crippen molar-refractivity contribution in [2.75, 3.05) is 4.90 Å². The normalized spacial score (nSPS) is 15.4. The quantitative estimate of drug-likeness (QED) is 0.243. The van der Waals surface area contributed by atoms with Gasteiger partial charge in [-0.2, -0.15) is 0 Å². The van der Waals surface area contributed by atoms with Gasteiger partial charge in [0, 0.05) is 39.6 Å². The first-order chi connectivity index (χ1) is 18.4. The maximum Gasteiger partial charge on any atom is 0.439 e. The van der Waals surface area contributed by atoms with Crippen LogP contribution in [0.4, 0.5) is 5.69 Å². The highest BCUT2D eigenvalue weighted by Crippen LogP contribution is 2.32. The molecule has 0 spiro atoms. The number of anilines is 1. The summed E-state index contributed by atoms with van der Waals surface area (Å²) in [7, 11) is 0. The predicted molar refractivity (Wildman–Crippen MR) is 155 cm³/mol. The standard InChI is InChI=1S/C30H28Cl2N4O2/c1-3-4-9-28-22(18-36(19(2)33-28)25-16-23(31)15-24(32)17-25)14-20-10-12-21(13-11-20)26-7-5-6-8-27(26)29-34-30(37)38-35-29/h5-8,10-13,15-19H,3-4,9,14H2,1-2H3,(H,34,35,37). The number of hydrogen-bond donors (Lipinski definition) is 1. The molecule has 1 aliphatic rings. The third-order valence-electron chi connectivity index (χ3n) is 6.61. The molecule has 8 heteroatoms. The summed E-state index contributed by atoms with van der Waals surface area (Å²) in [5, 5.41) is 5.06. The van der Waals surface area contributed by atoms with E-state index in [0.29, 0.717) is 15.9 Å². The maximum absolute atomic E-state index is 11.5. The lowest BCUT2D eigenvalue weighted by Crippen LogP contribution is -2.33. The van der Waals surface area contributed by atoms with Gasteiger partial charge >= 0.3 is 5.76 Å². The average Bonchev–Trinajstić information content (AvgIpc) is 3.34. The zero-order valence-corrected chi connectivity index (χ0v) is 22.8. The van der Waals surface area contributed by atoms with Crippen LogP contribution in [-0.4, -0.2) is 22.0 Å². The second-order valence-electron chi connectivity index (χ2n) is 9.36. The van der Waals surface area contributed by atoms with E-state index in [0.717, 1.165) is 53.8 Å². The van der Waals surface area contributed by atoms with Crippen LogP contribution in [0.1, 0.15) is 38.7 Å². The van der Waals surface area contributed by atoms with Gasteiger partial charge in [0.05, 0.1) is 0 Å². The molecule has 0 aliphatic carbocycles. The lowest BCUT2D eigenvalue weighted by molar-refractivity contribution is 0.388. The molecule has 0 saturated heterocycles. The molecule has 4 aromatic rings. The summed E-state index contributed by atoms with van der Waals surface area (Å²) in [6, 6.07) is 21.8. The van der Waals surface area contributed by atoms with Crippen LogP contribution in [-0.2, 0) is 6.42 Å².